The van der Waals surface area contributed by atoms with Gasteiger partial charge in [0.1, 0.15) is 6.61 Å². The van der Waals surface area contributed by atoms with Gasteiger partial charge in [-0.2, -0.15) is 0 Å². The molecular weight excluding hydrogens is 256 g/mol. The predicted octanol–water partition coefficient (Wildman–Crippen LogP) is 0.464. The summed E-state index contributed by atoms with van der Waals surface area (Å²) in [7, 11) is 0. The van der Waals surface area contributed by atoms with E-state index in [0.717, 1.165) is 0 Å². The molecule has 0 amide bonds. The highest BCUT2D eigenvalue weighted by Gasteiger charge is 2.05. The summed E-state index contributed by atoms with van der Waals surface area (Å²) in [5, 5.41) is 8.35. The Bertz CT molecular complexity index is 242. The van der Waals surface area contributed by atoms with Gasteiger partial charge in [-0.15, -0.1) is 0 Å². The Morgan fingerprint density at radius 3 is 1.89 bits per heavy atom. The molecule has 0 bridgehead atoms. The minimum atomic E-state index is -1.02. The van der Waals surface area contributed by atoms with Crippen molar-refractivity contribution in [2.45, 2.75) is 19.8 Å². The first-order valence-electron chi connectivity index (χ1n) is 6.27. The minimum absolute atomic E-state index is 0.115. The molecule has 0 aliphatic rings. The molecule has 1 N–H and O–H groups in total. The molecule has 0 aromatic carbocycles. The van der Waals surface area contributed by atoms with Gasteiger partial charge in [0.2, 0.25) is 0 Å². The zero-order valence-electron chi connectivity index (χ0n) is 11.3. The van der Waals surface area contributed by atoms with Gasteiger partial charge in [0, 0.05) is 6.61 Å². The Labute approximate surface area is 112 Å². The lowest BCUT2D eigenvalue weighted by molar-refractivity contribution is -0.149. The van der Waals surface area contributed by atoms with Crippen LogP contribution in [-0.2, 0) is 28.5 Å². The Morgan fingerprint density at radius 2 is 1.37 bits per heavy atom. The molecule has 0 saturated carbocycles. The van der Waals surface area contributed by atoms with E-state index in [1.165, 1.54) is 0 Å². The molecule has 0 rings (SSSR count). The van der Waals surface area contributed by atoms with Gasteiger partial charge < -0.3 is 24.1 Å². The lowest BCUT2D eigenvalue weighted by Gasteiger charge is -2.06. The van der Waals surface area contributed by atoms with Crippen LogP contribution in [0.2, 0.25) is 0 Å². The molecule has 0 unspecified atom stereocenters. The van der Waals surface area contributed by atoms with Crippen molar-refractivity contribution in [1.29, 1.82) is 0 Å². The van der Waals surface area contributed by atoms with Gasteiger partial charge in [-0.1, -0.05) is 0 Å². The number of hydrogen-bond donors (Lipinski definition) is 1. The lowest BCUT2D eigenvalue weighted by Crippen LogP contribution is -2.14. The molecule has 0 aromatic heterocycles. The van der Waals surface area contributed by atoms with Crippen LogP contribution in [0.5, 0.6) is 0 Å². The number of carboxylic acids is 1. The van der Waals surface area contributed by atoms with Crippen molar-refractivity contribution in [3.05, 3.63) is 0 Å². The van der Waals surface area contributed by atoms with E-state index in [1.807, 2.05) is 6.92 Å². The molecule has 0 saturated heterocycles. The zero-order chi connectivity index (χ0) is 14.3. The average molecular weight is 278 g/mol. The Morgan fingerprint density at radius 1 is 0.842 bits per heavy atom. The van der Waals surface area contributed by atoms with Gasteiger partial charge >= 0.3 is 11.9 Å². The van der Waals surface area contributed by atoms with Crippen molar-refractivity contribution in [2.75, 3.05) is 46.2 Å². The monoisotopic (exact) mass is 278 g/mol. The molecule has 0 radical (unpaired) electrons. The maximum atomic E-state index is 11.0. The average Bonchev–Trinajstić information content (AvgIpc) is 2.38. The fourth-order valence-electron chi connectivity index (χ4n) is 1.08. The van der Waals surface area contributed by atoms with Crippen molar-refractivity contribution >= 4 is 11.9 Å². The summed E-state index contributed by atoms with van der Waals surface area (Å²) in [5.41, 5.74) is 0. The van der Waals surface area contributed by atoms with Crippen molar-refractivity contribution in [3.8, 4) is 0 Å². The maximum Gasteiger partial charge on any atom is 0.306 e. The van der Waals surface area contributed by atoms with Gasteiger partial charge in [0.15, 0.2) is 0 Å². The Hall–Kier alpha value is -1.18. The zero-order valence-corrected chi connectivity index (χ0v) is 11.3. The second-order valence-corrected chi connectivity index (χ2v) is 3.54. The SMILES string of the molecule is CCOCCOCCOCCOC(=O)CCC(=O)O. The first kappa shape index (κ1) is 17.8. The van der Waals surface area contributed by atoms with E-state index in [1.54, 1.807) is 0 Å². The second kappa shape index (κ2) is 13.3. The normalized spacial score (nSPS) is 10.4. The largest absolute Gasteiger partial charge is 0.481 e. The van der Waals surface area contributed by atoms with Crippen molar-refractivity contribution in [1.82, 2.24) is 0 Å². The summed E-state index contributed by atoms with van der Waals surface area (Å²) >= 11 is 0. The van der Waals surface area contributed by atoms with Crippen LogP contribution in [0, 0.1) is 0 Å². The number of carbonyl (C=O) groups excluding carboxylic acids is 1. The van der Waals surface area contributed by atoms with Crippen LogP contribution < -0.4 is 0 Å². The van der Waals surface area contributed by atoms with Crippen molar-refractivity contribution in [3.63, 3.8) is 0 Å². The first-order valence-corrected chi connectivity index (χ1v) is 6.27. The van der Waals surface area contributed by atoms with E-state index < -0.39 is 11.9 Å². The first-order chi connectivity index (χ1) is 9.16. The molecule has 7 heteroatoms. The third-order valence-corrected chi connectivity index (χ3v) is 1.98. The highest BCUT2D eigenvalue weighted by molar-refractivity contribution is 5.76. The smallest absolute Gasteiger partial charge is 0.306 e. The van der Waals surface area contributed by atoms with E-state index in [4.69, 9.17) is 24.1 Å². The molecule has 19 heavy (non-hydrogen) atoms. The standard InChI is InChI=1S/C12H22O7/c1-2-16-5-6-17-7-8-18-9-10-19-12(15)4-3-11(13)14/h2-10H2,1H3,(H,13,14). The van der Waals surface area contributed by atoms with Crippen LogP contribution in [0.3, 0.4) is 0 Å². The molecule has 0 atom stereocenters. The molecule has 7 nitrogen and oxygen atoms in total. The van der Waals surface area contributed by atoms with E-state index in [-0.39, 0.29) is 26.1 Å². The molecule has 0 heterocycles. The summed E-state index contributed by atoms with van der Waals surface area (Å²) in [6.07, 6.45) is -0.330. The Balaban J connectivity index is 3.13. The molecule has 0 spiro atoms. The van der Waals surface area contributed by atoms with Gasteiger partial charge in [-0.25, -0.2) is 0 Å². The number of hydrogen-bond acceptors (Lipinski definition) is 6. The van der Waals surface area contributed by atoms with Gasteiger partial charge in [0.25, 0.3) is 0 Å². The molecule has 0 aromatic rings. The van der Waals surface area contributed by atoms with E-state index in [2.05, 4.69) is 0 Å². The van der Waals surface area contributed by atoms with E-state index in [0.29, 0.717) is 33.0 Å². The van der Waals surface area contributed by atoms with E-state index in [9.17, 15) is 9.59 Å². The number of rotatable bonds is 13. The van der Waals surface area contributed by atoms with Crippen LogP contribution >= 0.6 is 0 Å². The van der Waals surface area contributed by atoms with Crippen molar-refractivity contribution < 1.29 is 33.6 Å². The van der Waals surface area contributed by atoms with Crippen LogP contribution in [-0.4, -0.2) is 63.3 Å². The highest BCUT2D eigenvalue weighted by Crippen LogP contribution is 1.92. The quantitative estimate of drug-likeness (QED) is 0.386. The highest BCUT2D eigenvalue weighted by atomic mass is 16.6. The fraction of sp³-hybridized carbons (Fsp3) is 0.833. The predicted molar refractivity (Wildman–Crippen MR) is 66.0 cm³/mol. The van der Waals surface area contributed by atoms with Crippen LogP contribution in [0.25, 0.3) is 0 Å². The summed E-state index contributed by atoms with van der Waals surface area (Å²) < 4.78 is 20.2. The summed E-state index contributed by atoms with van der Waals surface area (Å²) in [4.78, 5) is 21.2. The van der Waals surface area contributed by atoms with Gasteiger partial charge in [-0.3, -0.25) is 9.59 Å². The summed E-state index contributed by atoms with van der Waals surface area (Å²) in [6, 6.07) is 0. The molecule has 0 aliphatic heterocycles. The molecule has 0 aliphatic carbocycles. The number of aliphatic carboxylic acids is 1. The third kappa shape index (κ3) is 14.8. The topological polar surface area (TPSA) is 91.3 Å². The van der Waals surface area contributed by atoms with Crippen LogP contribution in [0.4, 0.5) is 0 Å². The van der Waals surface area contributed by atoms with Gasteiger partial charge in [-0.05, 0) is 6.92 Å². The summed E-state index contributed by atoms with van der Waals surface area (Å²) in [6.45, 7) is 4.96. The van der Waals surface area contributed by atoms with Crippen molar-refractivity contribution in [2.24, 2.45) is 0 Å². The minimum Gasteiger partial charge on any atom is -0.481 e. The number of carboxylic acid groups (broad SMARTS) is 1. The third-order valence-electron chi connectivity index (χ3n) is 1.98. The number of carbonyl (C=O) groups is 2. The summed E-state index contributed by atoms with van der Waals surface area (Å²) in [5.74, 6) is -1.55. The molecule has 112 valence electrons. The molecular formula is C12H22O7. The number of ether oxygens (including phenoxy) is 4. The molecule has 0 fully saturated rings. The van der Waals surface area contributed by atoms with Gasteiger partial charge in [0.05, 0.1) is 45.9 Å². The fourth-order valence-corrected chi connectivity index (χ4v) is 1.08. The van der Waals surface area contributed by atoms with E-state index >= 15 is 0 Å². The Kier molecular flexibility index (Phi) is 12.4. The second-order valence-electron chi connectivity index (χ2n) is 3.54. The number of esters is 1. The maximum absolute atomic E-state index is 11.0. The lowest BCUT2D eigenvalue weighted by atomic mass is 10.3. The van der Waals surface area contributed by atoms with Crippen LogP contribution in [0.15, 0.2) is 0 Å². The van der Waals surface area contributed by atoms with Crippen LogP contribution in [0.1, 0.15) is 19.8 Å².